The lowest BCUT2D eigenvalue weighted by Gasteiger charge is -2.17. The molecule has 1 atom stereocenters. The van der Waals surface area contributed by atoms with Crippen LogP contribution in [-0.2, 0) is 4.74 Å². The fraction of sp³-hybridized carbons (Fsp3) is 0.500. The Bertz CT molecular complexity index is 290. The molecule has 0 aliphatic heterocycles. The minimum absolute atomic E-state index is 0.00981. The molecule has 0 radical (unpaired) electrons. The second-order valence-corrected chi connectivity index (χ2v) is 3.21. The van der Waals surface area contributed by atoms with Gasteiger partial charge in [0.05, 0.1) is 12.6 Å². The van der Waals surface area contributed by atoms with Gasteiger partial charge in [-0.2, -0.15) is 0 Å². The third-order valence-electron chi connectivity index (χ3n) is 1.98. The standard InChI is InChI=1S/C10H16FN3O/c1-15-7-8(4-5-12)14-10-9(11)3-2-6-13-10/h2-3,6,8H,4-5,7,12H2,1H3,(H,13,14). The van der Waals surface area contributed by atoms with E-state index in [1.54, 1.807) is 13.2 Å². The third-order valence-corrected chi connectivity index (χ3v) is 1.98. The molecule has 5 heteroatoms. The minimum atomic E-state index is -0.365. The number of aromatic nitrogens is 1. The highest BCUT2D eigenvalue weighted by Gasteiger charge is 2.10. The number of nitrogens with two attached hydrogens (primary N) is 1. The van der Waals surface area contributed by atoms with Crippen molar-refractivity contribution in [2.45, 2.75) is 12.5 Å². The third kappa shape index (κ3) is 3.81. The zero-order valence-electron chi connectivity index (χ0n) is 8.74. The van der Waals surface area contributed by atoms with E-state index < -0.39 is 0 Å². The molecule has 0 saturated carbocycles. The molecule has 1 unspecified atom stereocenters. The summed E-state index contributed by atoms with van der Waals surface area (Å²) < 4.78 is 18.2. The molecule has 0 aromatic carbocycles. The van der Waals surface area contributed by atoms with Crippen molar-refractivity contribution in [2.24, 2.45) is 5.73 Å². The molecule has 1 aromatic heterocycles. The maximum atomic E-state index is 13.2. The lowest BCUT2D eigenvalue weighted by atomic mass is 10.2. The van der Waals surface area contributed by atoms with Crippen LogP contribution in [-0.4, -0.2) is 31.3 Å². The number of pyridine rings is 1. The summed E-state index contributed by atoms with van der Waals surface area (Å²) in [5.74, 6) is -0.122. The summed E-state index contributed by atoms with van der Waals surface area (Å²) in [6, 6.07) is 2.90. The smallest absolute Gasteiger partial charge is 0.165 e. The van der Waals surface area contributed by atoms with Gasteiger partial charge in [0.25, 0.3) is 0 Å². The molecule has 0 spiro atoms. The van der Waals surface area contributed by atoms with Gasteiger partial charge in [0, 0.05) is 13.3 Å². The summed E-state index contributed by atoms with van der Waals surface area (Å²) in [5, 5.41) is 2.96. The van der Waals surface area contributed by atoms with Crippen molar-refractivity contribution in [3.63, 3.8) is 0 Å². The Morgan fingerprint density at radius 3 is 3.07 bits per heavy atom. The largest absolute Gasteiger partial charge is 0.383 e. The van der Waals surface area contributed by atoms with E-state index in [0.717, 1.165) is 0 Å². The van der Waals surface area contributed by atoms with Crippen molar-refractivity contribution in [3.05, 3.63) is 24.1 Å². The highest BCUT2D eigenvalue weighted by molar-refractivity contribution is 5.36. The van der Waals surface area contributed by atoms with Crippen molar-refractivity contribution in [2.75, 3.05) is 25.6 Å². The van der Waals surface area contributed by atoms with Crippen molar-refractivity contribution in [1.29, 1.82) is 0 Å². The first-order valence-corrected chi connectivity index (χ1v) is 4.84. The molecule has 15 heavy (non-hydrogen) atoms. The summed E-state index contributed by atoms with van der Waals surface area (Å²) in [7, 11) is 1.60. The lowest BCUT2D eigenvalue weighted by molar-refractivity contribution is 0.183. The summed E-state index contributed by atoms with van der Waals surface area (Å²) in [4.78, 5) is 3.90. The fourth-order valence-corrected chi connectivity index (χ4v) is 1.28. The van der Waals surface area contributed by atoms with Gasteiger partial charge in [0.2, 0.25) is 0 Å². The zero-order valence-corrected chi connectivity index (χ0v) is 8.74. The first kappa shape index (κ1) is 11.9. The summed E-state index contributed by atoms with van der Waals surface area (Å²) in [6.45, 7) is 1.00. The Labute approximate surface area is 88.6 Å². The van der Waals surface area contributed by atoms with Crippen LogP contribution in [0.3, 0.4) is 0 Å². The van der Waals surface area contributed by atoms with Gasteiger partial charge in [-0.3, -0.25) is 0 Å². The Kier molecular flexibility index (Phi) is 5.00. The van der Waals surface area contributed by atoms with Gasteiger partial charge < -0.3 is 15.8 Å². The van der Waals surface area contributed by atoms with Crippen molar-refractivity contribution in [1.82, 2.24) is 4.98 Å². The van der Waals surface area contributed by atoms with E-state index in [2.05, 4.69) is 10.3 Å². The molecule has 0 saturated heterocycles. The Hall–Kier alpha value is -1.20. The van der Waals surface area contributed by atoms with E-state index in [-0.39, 0.29) is 17.7 Å². The molecule has 1 rings (SSSR count). The van der Waals surface area contributed by atoms with Crippen LogP contribution in [0, 0.1) is 5.82 Å². The number of nitrogens with zero attached hydrogens (tertiary/aromatic N) is 1. The van der Waals surface area contributed by atoms with E-state index >= 15 is 0 Å². The molecule has 1 heterocycles. The van der Waals surface area contributed by atoms with Crippen LogP contribution < -0.4 is 11.1 Å². The molecule has 1 aromatic rings. The average Bonchev–Trinajstić information content (AvgIpc) is 2.22. The lowest BCUT2D eigenvalue weighted by Crippen LogP contribution is -2.28. The van der Waals surface area contributed by atoms with Crippen LogP contribution >= 0.6 is 0 Å². The van der Waals surface area contributed by atoms with Gasteiger partial charge in [0.15, 0.2) is 11.6 Å². The van der Waals surface area contributed by atoms with E-state index in [4.69, 9.17) is 10.5 Å². The molecule has 0 aliphatic rings. The van der Waals surface area contributed by atoms with Crippen molar-refractivity contribution >= 4 is 5.82 Å². The van der Waals surface area contributed by atoms with Crippen LogP contribution in [0.1, 0.15) is 6.42 Å². The zero-order chi connectivity index (χ0) is 11.1. The monoisotopic (exact) mass is 213 g/mol. The predicted octanol–water partition coefficient (Wildman–Crippen LogP) is 0.996. The SMILES string of the molecule is COCC(CCN)Nc1ncccc1F. The van der Waals surface area contributed by atoms with Crippen LogP contribution in [0.5, 0.6) is 0 Å². The molecule has 0 aliphatic carbocycles. The van der Waals surface area contributed by atoms with Crippen LogP contribution in [0.15, 0.2) is 18.3 Å². The molecule has 84 valence electrons. The van der Waals surface area contributed by atoms with Gasteiger partial charge in [-0.1, -0.05) is 0 Å². The predicted molar refractivity (Wildman–Crippen MR) is 57.2 cm³/mol. The maximum absolute atomic E-state index is 13.2. The molecular weight excluding hydrogens is 197 g/mol. The Morgan fingerprint density at radius 2 is 2.47 bits per heavy atom. The van der Waals surface area contributed by atoms with Gasteiger partial charge in [-0.15, -0.1) is 0 Å². The number of methoxy groups -OCH3 is 1. The Morgan fingerprint density at radius 1 is 1.67 bits per heavy atom. The van der Waals surface area contributed by atoms with E-state index in [9.17, 15) is 4.39 Å². The molecule has 0 fully saturated rings. The Balaban J connectivity index is 2.60. The minimum Gasteiger partial charge on any atom is -0.383 e. The number of hydrogen-bond acceptors (Lipinski definition) is 4. The van der Waals surface area contributed by atoms with Crippen molar-refractivity contribution in [3.8, 4) is 0 Å². The molecule has 0 amide bonds. The number of ether oxygens (including phenoxy) is 1. The number of hydrogen-bond donors (Lipinski definition) is 2. The first-order valence-electron chi connectivity index (χ1n) is 4.84. The normalized spacial score (nSPS) is 12.5. The summed E-state index contributed by atoms with van der Waals surface area (Å²) in [5.41, 5.74) is 5.44. The molecular formula is C10H16FN3O. The highest BCUT2D eigenvalue weighted by atomic mass is 19.1. The first-order chi connectivity index (χ1) is 7.27. The second kappa shape index (κ2) is 6.31. The molecule has 0 bridgehead atoms. The maximum Gasteiger partial charge on any atom is 0.165 e. The van der Waals surface area contributed by atoms with E-state index in [1.165, 1.54) is 12.3 Å². The van der Waals surface area contributed by atoms with Crippen LogP contribution in [0.25, 0.3) is 0 Å². The van der Waals surface area contributed by atoms with Crippen molar-refractivity contribution < 1.29 is 9.13 Å². The van der Waals surface area contributed by atoms with Gasteiger partial charge in [-0.05, 0) is 25.1 Å². The number of anilines is 1. The quantitative estimate of drug-likeness (QED) is 0.740. The summed E-state index contributed by atoms with van der Waals surface area (Å²) in [6.07, 6.45) is 2.25. The highest BCUT2D eigenvalue weighted by Crippen LogP contribution is 2.11. The second-order valence-electron chi connectivity index (χ2n) is 3.21. The molecule has 4 nitrogen and oxygen atoms in total. The average molecular weight is 213 g/mol. The van der Waals surface area contributed by atoms with Crippen LogP contribution in [0.4, 0.5) is 10.2 Å². The topological polar surface area (TPSA) is 60.2 Å². The summed E-state index contributed by atoms with van der Waals surface area (Å²) >= 11 is 0. The fourth-order valence-electron chi connectivity index (χ4n) is 1.28. The van der Waals surface area contributed by atoms with Gasteiger partial charge in [-0.25, -0.2) is 9.37 Å². The van der Waals surface area contributed by atoms with Crippen LogP contribution in [0.2, 0.25) is 0 Å². The number of nitrogens with one attached hydrogen (secondary N) is 1. The number of halogens is 1. The number of rotatable bonds is 6. The molecule has 3 N–H and O–H groups in total. The van der Waals surface area contributed by atoms with Gasteiger partial charge in [0.1, 0.15) is 0 Å². The van der Waals surface area contributed by atoms with E-state index in [0.29, 0.717) is 19.6 Å². The van der Waals surface area contributed by atoms with Gasteiger partial charge >= 0.3 is 0 Å². The van der Waals surface area contributed by atoms with E-state index in [1.807, 2.05) is 0 Å².